The van der Waals surface area contributed by atoms with Crippen LogP contribution in [0.4, 0.5) is 4.79 Å². The molecular formula is C23H26N4O5S. The normalized spacial score (nSPS) is 14.2. The van der Waals surface area contributed by atoms with Crippen molar-refractivity contribution < 1.29 is 23.1 Å². The summed E-state index contributed by atoms with van der Waals surface area (Å²) in [5.41, 5.74) is 1.04. The van der Waals surface area contributed by atoms with Crippen LogP contribution in [0.2, 0.25) is 0 Å². The van der Waals surface area contributed by atoms with E-state index in [0.29, 0.717) is 6.42 Å². The predicted molar refractivity (Wildman–Crippen MR) is 121 cm³/mol. The standard InChI is InChI=1S/C23H26N4O5S/c24-15-17-8-11-21(28)20(14-17)22(29)25-13-12-16-6-9-19(10-7-16)33(31,32)27-23(30)26-18-4-2-1-3-5-18/h6-11,14,18,28H,1-5,12-13H2,(H,25,29)(H2,26,27,30). The molecule has 0 heterocycles. The van der Waals surface area contributed by atoms with Gasteiger partial charge in [0.15, 0.2) is 0 Å². The lowest BCUT2D eigenvalue weighted by atomic mass is 9.96. The summed E-state index contributed by atoms with van der Waals surface area (Å²) in [5.74, 6) is -0.738. The topological polar surface area (TPSA) is 148 Å². The van der Waals surface area contributed by atoms with Gasteiger partial charge in [-0.05, 0) is 55.2 Å². The molecule has 3 amide bonds. The van der Waals surface area contributed by atoms with Crippen molar-refractivity contribution in [1.82, 2.24) is 15.4 Å². The number of carbonyl (C=O) groups excluding carboxylic acids is 2. The van der Waals surface area contributed by atoms with Crippen LogP contribution in [-0.4, -0.2) is 38.0 Å². The second kappa shape index (κ2) is 10.8. The number of aromatic hydroxyl groups is 1. The van der Waals surface area contributed by atoms with Gasteiger partial charge in [0.1, 0.15) is 5.75 Å². The molecule has 33 heavy (non-hydrogen) atoms. The highest BCUT2D eigenvalue weighted by atomic mass is 32.2. The molecule has 9 nitrogen and oxygen atoms in total. The SMILES string of the molecule is N#Cc1ccc(O)c(C(=O)NCCc2ccc(S(=O)(=O)NC(=O)NC3CCCCC3)cc2)c1. The number of amides is 3. The van der Waals surface area contributed by atoms with Gasteiger partial charge in [-0.1, -0.05) is 31.4 Å². The number of benzene rings is 2. The van der Waals surface area contributed by atoms with Gasteiger partial charge in [0.05, 0.1) is 22.1 Å². The van der Waals surface area contributed by atoms with E-state index >= 15 is 0 Å². The molecule has 0 unspecified atom stereocenters. The summed E-state index contributed by atoms with van der Waals surface area (Å²) in [6.45, 7) is 0.239. The molecule has 0 aliphatic heterocycles. The number of rotatable bonds is 7. The molecule has 0 saturated heterocycles. The third kappa shape index (κ3) is 6.70. The van der Waals surface area contributed by atoms with Crippen molar-refractivity contribution in [3.8, 4) is 11.8 Å². The van der Waals surface area contributed by atoms with E-state index in [9.17, 15) is 23.1 Å². The fourth-order valence-corrected chi connectivity index (χ4v) is 4.60. The molecule has 0 radical (unpaired) electrons. The Hall–Kier alpha value is -3.58. The minimum atomic E-state index is -3.99. The van der Waals surface area contributed by atoms with Gasteiger partial charge in [0.2, 0.25) is 0 Å². The molecule has 4 N–H and O–H groups in total. The molecule has 0 bridgehead atoms. The van der Waals surface area contributed by atoms with Crippen molar-refractivity contribution in [1.29, 1.82) is 5.26 Å². The van der Waals surface area contributed by atoms with E-state index in [0.717, 1.165) is 37.7 Å². The van der Waals surface area contributed by atoms with Crippen LogP contribution in [0.3, 0.4) is 0 Å². The first kappa shape index (κ1) is 24.1. The molecule has 0 atom stereocenters. The van der Waals surface area contributed by atoms with Crippen molar-refractivity contribution in [3.63, 3.8) is 0 Å². The smallest absolute Gasteiger partial charge is 0.328 e. The summed E-state index contributed by atoms with van der Waals surface area (Å²) in [6, 6.07) is 11.2. The zero-order chi connectivity index (χ0) is 23.8. The molecule has 10 heteroatoms. The van der Waals surface area contributed by atoms with Crippen LogP contribution < -0.4 is 15.4 Å². The molecule has 1 aliphatic rings. The summed E-state index contributed by atoms with van der Waals surface area (Å²) in [5, 5.41) is 24.1. The van der Waals surface area contributed by atoms with Gasteiger partial charge >= 0.3 is 6.03 Å². The Morgan fingerprint density at radius 2 is 1.76 bits per heavy atom. The number of phenols is 1. The van der Waals surface area contributed by atoms with E-state index in [4.69, 9.17) is 5.26 Å². The van der Waals surface area contributed by atoms with Crippen molar-refractivity contribution in [3.05, 3.63) is 59.2 Å². The number of phenolic OH excluding ortho intramolecular Hbond substituents is 1. The van der Waals surface area contributed by atoms with Gasteiger partial charge in [-0.15, -0.1) is 0 Å². The molecule has 0 spiro atoms. The maximum atomic E-state index is 12.5. The number of sulfonamides is 1. The van der Waals surface area contributed by atoms with Crippen molar-refractivity contribution in [2.75, 3.05) is 6.54 Å². The lowest BCUT2D eigenvalue weighted by Gasteiger charge is -2.22. The van der Waals surface area contributed by atoms with Crippen molar-refractivity contribution in [2.24, 2.45) is 0 Å². The van der Waals surface area contributed by atoms with Gasteiger partial charge in [0.25, 0.3) is 15.9 Å². The first-order valence-corrected chi connectivity index (χ1v) is 12.2. The summed E-state index contributed by atoms with van der Waals surface area (Å²) < 4.78 is 27.0. The fourth-order valence-electron chi connectivity index (χ4n) is 3.68. The predicted octanol–water partition coefficient (Wildman–Crippen LogP) is 2.56. The van der Waals surface area contributed by atoms with Crippen LogP contribution in [-0.2, 0) is 16.4 Å². The third-order valence-electron chi connectivity index (χ3n) is 5.47. The van der Waals surface area contributed by atoms with Gasteiger partial charge in [-0.25, -0.2) is 17.9 Å². The fraction of sp³-hybridized carbons (Fsp3) is 0.348. The summed E-state index contributed by atoms with van der Waals surface area (Å²) in [6.07, 6.45) is 5.29. The Morgan fingerprint density at radius 3 is 2.42 bits per heavy atom. The lowest BCUT2D eigenvalue weighted by molar-refractivity contribution is 0.0951. The number of urea groups is 1. The van der Waals surface area contributed by atoms with E-state index in [1.54, 1.807) is 12.1 Å². The molecule has 1 saturated carbocycles. The summed E-state index contributed by atoms with van der Waals surface area (Å²) in [7, 11) is -3.99. The van der Waals surface area contributed by atoms with Crippen molar-refractivity contribution in [2.45, 2.75) is 49.5 Å². The van der Waals surface area contributed by atoms with E-state index in [2.05, 4.69) is 10.6 Å². The Balaban J connectivity index is 1.51. The molecule has 1 fully saturated rings. The van der Waals surface area contributed by atoms with Gasteiger partial charge in [-0.2, -0.15) is 5.26 Å². The highest BCUT2D eigenvalue weighted by molar-refractivity contribution is 7.90. The summed E-state index contributed by atoms with van der Waals surface area (Å²) in [4.78, 5) is 24.3. The van der Waals surface area contributed by atoms with Crippen LogP contribution in [0.5, 0.6) is 5.75 Å². The zero-order valence-electron chi connectivity index (χ0n) is 18.0. The molecule has 2 aromatic carbocycles. The quantitative estimate of drug-likeness (QED) is 0.489. The maximum absolute atomic E-state index is 12.5. The van der Waals surface area contributed by atoms with Crippen LogP contribution in [0.25, 0.3) is 0 Å². The monoisotopic (exact) mass is 470 g/mol. The molecule has 1 aliphatic carbocycles. The first-order chi connectivity index (χ1) is 15.8. The Morgan fingerprint density at radius 1 is 1.06 bits per heavy atom. The zero-order valence-corrected chi connectivity index (χ0v) is 18.8. The van der Waals surface area contributed by atoms with Gasteiger partial charge in [0, 0.05) is 12.6 Å². The molecule has 0 aromatic heterocycles. The number of carbonyl (C=O) groups is 2. The Kier molecular flexibility index (Phi) is 7.90. The van der Waals surface area contributed by atoms with Gasteiger partial charge in [-0.3, -0.25) is 4.79 Å². The van der Waals surface area contributed by atoms with E-state index < -0.39 is 22.0 Å². The minimum absolute atomic E-state index is 0.00387. The van der Waals surface area contributed by atoms with E-state index in [-0.39, 0.29) is 34.4 Å². The summed E-state index contributed by atoms with van der Waals surface area (Å²) >= 11 is 0. The molecular weight excluding hydrogens is 444 g/mol. The largest absolute Gasteiger partial charge is 0.507 e. The minimum Gasteiger partial charge on any atom is -0.507 e. The number of nitrogens with zero attached hydrogens (tertiary/aromatic N) is 1. The van der Waals surface area contributed by atoms with E-state index in [1.165, 1.54) is 30.3 Å². The Labute approximate surface area is 192 Å². The molecule has 3 rings (SSSR count). The number of hydrogen-bond donors (Lipinski definition) is 4. The van der Waals surface area contributed by atoms with E-state index in [1.807, 2.05) is 10.8 Å². The lowest BCUT2D eigenvalue weighted by Crippen LogP contribution is -2.45. The number of hydrogen-bond acceptors (Lipinski definition) is 6. The highest BCUT2D eigenvalue weighted by Crippen LogP contribution is 2.19. The van der Waals surface area contributed by atoms with Crippen LogP contribution in [0.1, 0.15) is 53.6 Å². The highest BCUT2D eigenvalue weighted by Gasteiger charge is 2.21. The molecule has 174 valence electrons. The Bertz CT molecular complexity index is 1150. The average molecular weight is 471 g/mol. The van der Waals surface area contributed by atoms with Crippen LogP contribution in [0, 0.1) is 11.3 Å². The third-order valence-corrected chi connectivity index (χ3v) is 6.82. The second-order valence-electron chi connectivity index (χ2n) is 7.91. The van der Waals surface area contributed by atoms with Crippen molar-refractivity contribution >= 4 is 22.0 Å². The van der Waals surface area contributed by atoms with Gasteiger partial charge < -0.3 is 15.7 Å². The maximum Gasteiger partial charge on any atom is 0.328 e. The first-order valence-electron chi connectivity index (χ1n) is 10.7. The average Bonchev–Trinajstić information content (AvgIpc) is 2.80. The van der Waals surface area contributed by atoms with Crippen LogP contribution in [0.15, 0.2) is 47.4 Å². The van der Waals surface area contributed by atoms with Crippen LogP contribution >= 0.6 is 0 Å². The molecule has 2 aromatic rings. The number of nitriles is 1. The second-order valence-corrected chi connectivity index (χ2v) is 9.59. The number of nitrogens with one attached hydrogen (secondary N) is 3.